The average molecular weight is 311 g/mol. The molecule has 6 nitrogen and oxygen atoms in total. The quantitative estimate of drug-likeness (QED) is 0.802. The minimum Gasteiger partial charge on any atom is -0.399 e. The number of benzene rings is 1. The fourth-order valence-electron chi connectivity index (χ4n) is 2.40. The number of hydrogen-bond donors (Lipinski definition) is 2. The second-order valence-electron chi connectivity index (χ2n) is 5.29. The van der Waals surface area contributed by atoms with E-state index in [0.717, 1.165) is 11.3 Å². The van der Waals surface area contributed by atoms with Gasteiger partial charge < -0.3 is 11.1 Å². The Bertz CT molecular complexity index is 628. The van der Waals surface area contributed by atoms with Crippen LogP contribution in [-0.2, 0) is 14.8 Å². The van der Waals surface area contributed by atoms with Gasteiger partial charge in [0.05, 0.1) is 5.75 Å². The Morgan fingerprint density at radius 2 is 2.19 bits per heavy atom. The lowest BCUT2D eigenvalue weighted by molar-refractivity contribution is -0.116. The largest absolute Gasteiger partial charge is 0.399 e. The lowest BCUT2D eigenvalue weighted by atomic mass is 10.1. The van der Waals surface area contributed by atoms with E-state index in [1.807, 2.05) is 6.92 Å². The highest BCUT2D eigenvalue weighted by molar-refractivity contribution is 7.89. The molecule has 7 heteroatoms. The van der Waals surface area contributed by atoms with E-state index in [4.69, 9.17) is 5.73 Å². The first kappa shape index (κ1) is 15.8. The van der Waals surface area contributed by atoms with E-state index in [-0.39, 0.29) is 11.7 Å². The number of hydrogen-bond acceptors (Lipinski definition) is 4. The van der Waals surface area contributed by atoms with E-state index in [2.05, 4.69) is 5.32 Å². The molecule has 0 spiro atoms. The number of rotatable bonds is 5. The number of carbonyl (C=O) groups is 1. The van der Waals surface area contributed by atoms with Gasteiger partial charge in [0.1, 0.15) is 0 Å². The smallest absolute Gasteiger partial charge is 0.224 e. The lowest BCUT2D eigenvalue weighted by Crippen LogP contribution is -2.27. The van der Waals surface area contributed by atoms with Crippen molar-refractivity contribution in [2.24, 2.45) is 0 Å². The van der Waals surface area contributed by atoms with Crippen LogP contribution in [0.3, 0.4) is 0 Å². The maximum Gasteiger partial charge on any atom is 0.224 e. The molecule has 1 fully saturated rings. The Hall–Kier alpha value is -1.60. The number of nitrogen functional groups attached to an aromatic ring is 1. The minimum atomic E-state index is -3.07. The van der Waals surface area contributed by atoms with Crippen molar-refractivity contribution < 1.29 is 13.2 Å². The van der Waals surface area contributed by atoms with Crippen LogP contribution in [-0.4, -0.2) is 37.5 Å². The first-order chi connectivity index (χ1) is 9.88. The Labute approximate surface area is 125 Å². The summed E-state index contributed by atoms with van der Waals surface area (Å²) in [7, 11) is -3.07. The molecular weight excluding hydrogens is 290 g/mol. The van der Waals surface area contributed by atoms with Crippen LogP contribution in [0.1, 0.15) is 24.8 Å². The minimum absolute atomic E-state index is 0.112. The van der Waals surface area contributed by atoms with Crippen molar-refractivity contribution in [3.05, 3.63) is 23.8 Å². The molecule has 1 saturated heterocycles. The van der Waals surface area contributed by atoms with Gasteiger partial charge in [-0.1, -0.05) is 0 Å². The molecule has 21 heavy (non-hydrogen) atoms. The predicted molar refractivity (Wildman–Crippen MR) is 83.4 cm³/mol. The van der Waals surface area contributed by atoms with Gasteiger partial charge in [0.2, 0.25) is 15.9 Å². The van der Waals surface area contributed by atoms with E-state index in [1.165, 1.54) is 4.31 Å². The molecule has 0 atom stereocenters. The molecule has 0 radical (unpaired) electrons. The van der Waals surface area contributed by atoms with Crippen molar-refractivity contribution in [2.75, 3.05) is 29.9 Å². The molecular formula is C14H21N3O3S. The van der Waals surface area contributed by atoms with Gasteiger partial charge in [-0.3, -0.25) is 4.79 Å². The topological polar surface area (TPSA) is 92.5 Å². The first-order valence-electron chi connectivity index (χ1n) is 7.02. The molecule has 1 aliphatic rings. The van der Waals surface area contributed by atoms with E-state index < -0.39 is 10.0 Å². The molecule has 2 rings (SSSR count). The number of anilines is 2. The summed E-state index contributed by atoms with van der Waals surface area (Å²) in [5, 5.41) is 2.82. The van der Waals surface area contributed by atoms with Crippen molar-refractivity contribution in [1.82, 2.24) is 4.31 Å². The summed E-state index contributed by atoms with van der Waals surface area (Å²) in [6.07, 6.45) is 1.51. The van der Waals surface area contributed by atoms with Crippen LogP contribution in [0.15, 0.2) is 18.2 Å². The Kier molecular flexibility index (Phi) is 4.84. The maximum atomic E-state index is 11.9. The molecule has 0 aromatic heterocycles. The lowest BCUT2D eigenvalue weighted by Gasteiger charge is -2.14. The third-order valence-corrected chi connectivity index (χ3v) is 5.50. The molecule has 1 aromatic carbocycles. The number of amides is 1. The second kappa shape index (κ2) is 6.44. The van der Waals surface area contributed by atoms with Crippen molar-refractivity contribution >= 4 is 27.3 Å². The van der Waals surface area contributed by atoms with Crippen LogP contribution < -0.4 is 11.1 Å². The van der Waals surface area contributed by atoms with Gasteiger partial charge in [0, 0.05) is 30.9 Å². The van der Waals surface area contributed by atoms with Crippen LogP contribution >= 0.6 is 0 Å². The molecule has 0 bridgehead atoms. The first-order valence-corrected chi connectivity index (χ1v) is 8.63. The summed E-state index contributed by atoms with van der Waals surface area (Å²) in [6, 6.07) is 5.30. The van der Waals surface area contributed by atoms with Gasteiger partial charge in [-0.05, 0) is 43.5 Å². The van der Waals surface area contributed by atoms with Gasteiger partial charge >= 0.3 is 0 Å². The Morgan fingerprint density at radius 3 is 2.81 bits per heavy atom. The summed E-state index contributed by atoms with van der Waals surface area (Å²) >= 11 is 0. The summed E-state index contributed by atoms with van der Waals surface area (Å²) < 4.78 is 24.7. The molecule has 0 unspecified atom stereocenters. The number of carbonyl (C=O) groups excluding carboxylic acids is 1. The molecule has 0 saturated carbocycles. The van der Waals surface area contributed by atoms with Gasteiger partial charge in [-0.15, -0.1) is 0 Å². The number of nitrogens with two attached hydrogens (primary N) is 1. The van der Waals surface area contributed by atoms with Crippen molar-refractivity contribution in [2.45, 2.75) is 26.2 Å². The third-order valence-electron chi connectivity index (χ3n) is 3.54. The molecule has 1 amide bonds. The van der Waals surface area contributed by atoms with Crippen LogP contribution in [0.4, 0.5) is 11.4 Å². The molecule has 0 aliphatic carbocycles. The second-order valence-corrected chi connectivity index (χ2v) is 7.38. The molecule has 1 aromatic rings. The third kappa shape index (κ3) is 4.18. The standard InChI is InChI=1S/C14H21N3O3S/c1-11-10-12(15)5-6-13(11)16-14(18)4-2-7-17-8-3-9-21(17,19)20/h5-6,10H,2-4,7-9,15H2,1H3,(H,16,18). The maximum absolute atomic E-state index is 11.9. The number of sulfonamides is 1. The van der Waals surface area contributed by atoms with E-state index in [1.54, 1.807) is 18.2 Å². The van der Waals surface area contributed by atoms with Crippen molar-refractivity contribution in [3.63, 3.8) is 0 Å². The highest BCUT2D eigenvalue weighted by Gasteiger charge is 2.27. The predicted octanol–water partition coefficient (Wildman–Crippen LogP) is 1.33. The van der Waals surface area contributed by atoms with E-state index in [9.17, 15) is 13.2 Å². The highest BCUT2D eigenvalue weighted by Crippen LogP contribution is 2.18. The van der Waals surface area contributed by atoms with Crippen LogP contribution in [0, 0.1) is 6.92 Å². The zero-order valence-corrected chi connectivity index (χ0v) is 12.9. The summed E-state index contributed by atoms with van der Waals surface area (Å²) in [5.74, 6) is 0.114. The monoisotopic (exact) mass is 311 g/mol. The number of nitrogens with zero attached hydrogens (tertiary/aromatic N) is 1. The molecule has 1 aliphatic heterocycles. The van der Waals surface area contributed by atoms with Gasteiger partial charge in [0.25, 0.3) is 0 Å². The van der Waals surface area contributed by atoms with Crippen molar-refractivity contribution in [3.8, 4) is 0 Å². The fraction of sp³-hybridized carbons (Fsp3) is 0.500. The summed E-state index contributed by atoms with van der Waals surface area (Å²) in [4.78, 5) is 11.9. The number of nitrogens with one attached hydrogen (secondary N) is 1. The van der Waals surface area contributed by atoms with E-state index in [0.29, 0.717) is 38.0 Å². The number of aryl methyl sites for hydroxylation is 1. The average Bonchev–Trinajstić information content (AvgIpc) is 2.72. The van der Waals surface area contributed by atoms with Crippen LogP contribution in [0.2, 0.25) is 0 Å². The highest BCUT2D eigenvalue weighted by atomic mass is 32.2. The van der Waals surface area contributed by atoms with Gasteiger partial charge in [-0.2, -0.15) is 0 Å². The molecule has 1 heterocycles. The Morgan fingerprint density at radius 1 is 1.43 bits per heavy atom. The zero-order chi connectivity index (χ0) is 15.5. The molecule has 3 N–H and O–H groups in total. The van der Waals surface area contributed by atoms with Gasteiger partial charge in [-0.25, -0.2) is 12.7 Å². The van der Waals surface area contributed by atoms with Gasteiger partial charge in [0.15, 0.2) is 0 Å². The fourth-order valence-corrected chi connectivity index (χ4v) is 3.96. The molecule has 116 valence electrons. The Balaban J connectivity index is 1.80. The summed E-state index contributed by atoms with van der Waals surface area (Å²) in [6.45, 7) is 2.86. The van der Waals surface area contributed by atoms with Crippen LogP contribution in [0.25, 0.3) is 0 Å². The summed E-state index contributed by atoms with van der Waals surface area (Å²) in [5.41, 5.74) is 7.96. The van der Waals surface area contributed by atoms with Crippen molar-refractivity contribution in [1.29, 1.82) is 0 Å². The normalized spacial score (nSPS) is 17.8. The van der Waals surface area contributed by atoms with Crippen LogP contribution in [0.5, 0.6) is 0 Å². The zero-order valence-electron chi connectivity index (χ0n) is 12.1. The van der Waals surface area contributed by atoms with E-state index >= 15 is 0 Å². The SMILES string of the molecule is Cc1cc(N)ccc1NC(=O)CCCN1CCCS1(=O)=O.